The zero-order chi connectivity index (χ0) is 15.1. The Labute approximate surface area is 130 Å². The highest BCUT2D eigenvalue weighted by molar-refractivity contribution is 5.75. The van der Waals surface area contributed by atoms with Crippen LogP contribution < -0.4 is 10.9 Å². The number of carbonyl (C=O) groups is 1. The number of pyridine rings is 1. The topological polar surface area (TPSA) is 54.3 Å². The Hall–Kier alpha value is -1.78. The first kappa shape index (κ1) is 13.9. The molecule has 0 spiro atoms. The van der Waals surface area contributed by atoms with Gasteiger partial charge in [0.25, 0.3) is 5.56 Å². The van der Waals surface area contributed by atoms with Crippen LogP contribution in [0.4, 0.5) is 4.79 Å². The van der Waals surface area contributed by atoms with Crippen LogP contribution in [0.2, 0.25) is 0 Å². The molecule has 0 bridgehead atoms. The van der Waals surface area contributed by atoms with Crippen molar-refractivity contribution >= 4 is 6.03 Å². The molecule has 0 aromatic carbocycles. The van der Waals surface area contributed by atoms with Crippen molar-refractivity contribution in [3.8, 4) is 0 Å². The van der Waals surface area contributed by atoms with E-state index in [0.29, 0.717) is 18.5 Å². The molecular formula is C17H23N3O2. The molecule has 2 amide bonds. The minimum absolute atomic E-state index is 0.0615. The van der Waals surface area contributed by atoms with Crippen LogP contribution >= 0.6 is 0 Å². The molecule has 118 valence electrons. The van der Waals surface area contributed by atoms with E-state index < -0.39 is 0 Å². The van der Waals surface area contributed by atoms with Crippen LogP contribution in [-0.2, 0) is 19.4 Å². The highest BCUT2D eigenvalue weighted by Crippen LogP contribution is 2.31. The van der Waals surface area contributed by atoms with Gasteiger partial charge in [0.2, 0.25) is 0 Å². The van der Waals surface area contributed by atoms with Crippen molar-refractivity contribution in [1.82, 2.24) is 14.8 Å². The Morgan fingerprint density at radius 2 is 1.91 bits per heavy atom. The molecule has 2 fully saturated rings. The third-order valence-corrected chi connectivity index (χ3v) is 4.99. The first-order chi connectivity index (χ1) is 10.7. The van der Waals surface area contributed by atoms with Crippen LogP contribution in [0.5, 0.6) is 0 Å². The van der Waals surface area contributed by atoms with Gasteiger partial charge in [-0.1, -0.05) is 6.07 Å². The Kier molecular flexibility index (Phi) is 3.43. The third kappa shape index (κ3) is 2.89. The maximum atomic E-state index is 12.2. The molecule has 5 nitrogen and oxygen atoms in total. The lowest BCUT2D eigenvalue weighted by molar-refractivity contribution is 0.199. The second-order valence-electron chi connectivity index (χ2n) is 6.91. The van der Waals surface area contributed by atoms with Gasteiger partial charge in [-0.15, -0.1) is 0 Å². The average Bonchev–Trinajstić information content (AvgIpc) is 3.36. The Morgan fingerprint density at radius 1 is 1.14 bits per heavy atom. The fraction of sp³-hybridized carbons (Fsp3) is 0.647. The summed E-state index contributed by atoms with van der Waals surface area (Å²) in [6.07, 6.45) is 6.34. The largest absolute Gasteiger partial charge is 0.335 e. The lowest BCUT2D eigenvalue weighted by Crippen LogP contribution is -2.42. The van der Waals surface area contributed by atoms with Crippen molar-refractivity contribution in [2.24, 2.45) is 5.92 Å². The fourth-order valence-corrected chi connectivity index (χ4v) is 3.25. The second-order valence-corrected chi connectivity index (χ2v) is 6.91. The van der Waals surface area contributed by atoms with Gasteiger partial charge in [0.05, 0.1) is 0 Å². The molecule has 1 aromatic rings. The van der Waals surface area contributed by atoms with E-state index in [1.165, 1.54) is 18.4 Å². The predicted molar refractivity (Wildman–Crippen MR) is 84.0 cm³/mol. The van der Waals surface area contributed by atoms with Crippen LogP contribution in [-0.4, -0.2) is 34.6 Å². The summed E-state index contributed by atoms with van der Waals surface area (Å²) in [5.74, 6) is 0.682. The zero-order valence-electron chi connectivity index (χ0n) is 12.9. The van der Waals surface area contributed by atoms with Crippen molar-refractivity contribution in [2.45, 2.75) is 51.1 Å². The van der Waals surface area contributed by atoms with E-state index in [4.69, 9.17) is 0 Å². The molecule has 0 radical (unpaired) electrons. The summed E-state index contributed by atoms with van der Waals surface area (Å²) in [6, 6.07) is 4.11. The minimum atomic E-state index is 0.0615. The summed E-state index contributed by atoms with van der Waals surface area (Å²) >= 11 is 0. The van der Waals surface area contributed by atoms with Crippen LogP contribution in [0, 0.1) is 5.92 Å². The van der Waals surface area contributed by atoms with E-state index in [1.807, 2.05) is 15.5 Å². The van der Waals surface area contributed by atoms with Crippen molar-refractivity contribution in [2.75, 3.05) is 13.1 Å². The van der Waals surface area contributed by atoms with Gasteiger partial charge in [0, 0.05) is 43.9 Å². The molecule has 1 aromatic heterocycles. The van der Waals surface area contributed by atoms with E-state index in [9.17, 15) is 9.59 Å². The number of fused-ring (bicyclic) bond motifs is 1. The Balaban J connectivity index is 1.52. The highest BCUT2D eigenvalue weighted by Gasteiger charge is 2.28. The number of hydrogen-bond acceptors (Lipinski definition) is 2. The maximum Gasteiger partial charge on any atom is 0.317 e. The van der Waals surface area contributed by atoms with Gasteiger partial charge < -0.3 is 14.8 Å². The van der Waals surface area contributed by atoms with Crippen molar-refractivity contribution in [1.29, 1.82) is 0 Å². The number of amides is 2. The van der Waals surface area contributed by atoms with Gasteiger partial charge >= 0.3 is 6.03 Å². The summed E-state index contributed by atoms with van der Waals surface area (Å²) in [4.78, 5) is 26.4. The van der Waals surface area contributed by atoms with Gasteiger partial charge in [0.1, 0.15) is 0 Å². The van der Waals surface area contributed by atoms with Crippen molar-refractivity contribution in [3.05, 3.63) is 33.7 Å². The molecule has 4 rings (SSSR count). The SMILES string of the molecule is O=C(NC1CC1)N1CCc2ccc(=O)n(CC3CC3)c2CC1. The van der Waals surface area contributed by atoms with Crippen molar-refractivity contribution in [3.63, 3.8) is 0 Å². The van der Waals surface area contributed by atoms with Crippen LogP contribution in [0.3, 0.4) is 0 Å². The molecule has 3 aliphatic rings. The molecule has 0 unspecified atom stereocenters. The molecular weight excluding hydrogens is 278 g/mol. The standard InChI is InChI=1S/C17H23N3O2/c21-16-6-3-13-7-9-19(17(22)18-14-4-5-14)10-8-15(13)20(16)11-12-1-2-12/h3,6,12,14H,1-2,4-5,7-11H2,(H,18,22). The number of rotatable bonds is 3. The fourth-order valence-electron chi connectivity index (χ4n) is 3.25. The third-order valence-electron chi connectivity index (χ3n) is 4.99. The van der Waals surface area contributed by atoms with Gasteiger partial charge in [-0.25, -0.2) is 4.79 Å². The van der Waals surface area contributed by atoms with E-state index in [2.05, 4.69) is 5.32 Å². The minimum Gasteiger partial charge on any atom is -0.335 e. The number of aromatic nitrogens is 1. The van der Waals surface area contributed by atoms with Gasteiger partial charge in [0.15, 0.2) is 0 Å². The summed E-state index contributed by atoms with van der Waals surface area (Å²) in [5, 5.41) is 3.06. The lowest BCUT2D eigenvalue weighted by atomic mass is 10.1. The zero-order valence-corrected chi connectivity index (χ0v) is 12.9. The molecule has 5 heteroatoms. The van der Waals surface area contributed by atoms with Gasteiger partial charge in [-0.05, 0) is 43.6 Å². The molecule has 2 heterocycles. The summed E-state index contributed by atoms with van der Waals surface area (Å²) < 4.78 is 1.97. The van der Waals surface area contributed by atoms with Crippen LogP contribution in [0.1, 0.15) is 36.9 Å². The summed E-state index contributed by atoms with van der Waals surface area (Å²) in [5.41, 5.74) is 2.50. The Bertz CT molecular complexity index is 644. The molecule has 1 aliphatic heterocycles. The number of nitrogens with zero attached hydrogens (tertiary/aromatic N) is 2. The van der Waals surface area contributed by atoms with E-state index in [-0.39, 0.29) is 11.6 Å². The monoisotopic (exact) mass is 301 g/mol. The number of hydrogen-bond donors (Lipinski definition) is 1. The normalized spacial score (nSPS) is 21.2. The predicted octanol–water partition coefficient (Wildman–Crippen LogP) is 1.53. The first-order valence-corrected chi connectivity index (χ1v) is 8.48. The molecule has 1 N–H and O–H groups in total. The van der Waals surface area contributed by atoms with Gasteiger partial charge in [-0.2, -0.15) is 0 Å². The molecule has 0 atom stereocenters. The lowest BCUT2D eigenvalue weighted by Gasteiger charge is -2.20. The quantitative estimate of drug-likeness (QED) is 0.920. The highest BCUT2D eigenvalue weighted by atomic mass is 16.2. The van der Waals surface area contributed by atoms with E-state index in [0.717, 1.165) is 44.5 Å². The summed E-state index contributed by atoms with van der Waals surface area (Å²) in [7, 11) is 0. The Morgan fingerprint density at radius 3 is 2.64 bits per heavy atom. The molecule has 0 saturated heterocycles. The number of urea groups is 1. The molecule has 2 aliphatic carbocycles. The molecule has 22 heavy (non-hydrogen) atoms. The van der Waals surface area contributed by atoms with Crippen LogP contribution in [0.25, 0.3) is 0 Å². The van der Waals surface area contributed by atoms with E-state index >= 15 is 0 Å². The first-order valence-electron chi connectivity index (χ1n) is 8.48. The second kappa shape index (κ2) is 5.45. The van der Waals surface area contributed by atoms with Gasteiger partial charge in [-0.3, -0.25) is 4.79 Å². The van der Waals surface area contributed by atoms with Crippen molar-refractivity contribution < 1.29 is 4.79 Å². The average molecular weight is 301 g/mol. The van der Waals surface area contributed by atoms with E-state index in [1.54, 1.807) is 6.07 Å². The number of nitrogens with one attached hydrogen (secondary N) is 1. The summed E-state index contributed by atoms with van der Waals surface area (Å²) in [6.45, 7) is 2.31. The number of carbonyl (C=O) groups excluding carboxylic acids is 1. The maximum absolute atomic E-state index is 12.2. The molecule has 2 saturated carbocycles. The smallest absolute Gasteiger partial charge is 0.317 e. The van der Waals surface area contributed by atoms with Crippen LogP contribution in [0.15, 0.2) is 16.9 Å².